The molecular weight excluding hydrogens is 264 g/mol. The van der Waals surface area contributed by atoms with Crippen LogP contribution < -0.4 is 10.6 Å². The maximum absolute atomic E-state index is 11.4. The van der Waals surface area contributed by atoms with E-state index >= 15 is 0 Å². The Hall–Kier alpha value is -1.10. The number of ether oxygens (including phenoxy) is 1. The van der Waals surface area contributed by atoms with Crippen LogP contribution in [0.5, 0.6) is 0 Å². The summed E-state index contributed by atoms with van der Waals surface area (Å²) >= 11 is 0. The van der Waals surface area contributed by atoms with Crippen molar-refractivity contribution < 1.29 is 9.53 Å². The summed E-state index contributed by atoms with van der Waals surface area (Å²) in [6.45, 7) is 4.41. The molecule has 1 aromatic rings. The van der Waals surface area contributed by atoms with Gasteiger partial charge in [0, 0.05) is 20.2 Å². The quantitative estimate of drug-likeness (QED) is 0.709. The number of carbonyl (C=O) groups is 1. The Labute approximate surface area is 121 Å². The molecule has 1 aromatic carbocycles. The molecule has 5 heteroatoms. The lowest BCUT2D eigenvalue weighted by atomic mass is 10.1. The predicted octanol–water partition coefficient (Wildman–Crippen LogP) is 1.31. The highest BCUT2D eigenvalue weighted by atomic mass is 35.5. The zero-order valence-electron chi connectivity index (χ0n) is 11.6. The van der Waals surface area contributed by atoms with E-state index in [1.54, 1.807) is 7.11 Å². The van der Waals surface area contributed by atoms with Gasteiger partial charge < -0.3 is 15.4 Å². The van der Waals surface area contributed by atoms with Crippen LogP contribution in [-0.2, 0) is 16.0 Å². The first kappa shape index (κ1) is 17.9. The molecule has 0 atom stereocenters. The lowest BCUT2D eigenvalue weighted by Crippen LogP contribution is -2.36. The summed E-state index contributed by atoms with van der Waals surface area (Å²) in [7, 11) is 1.64. The molecule has 0 fully saturated rings. The highest BCUT2D eigenvalue weighted by Gasteiger charge is 2.00. The number of benzene rings is 1. The van der Waals surface area contributed by atoms with E-state index in [0.717, 1.165) is 6.42 Å². The number of hydrogen-bond acceptors (Lipinski definition) is 3. The van der Waals surface area contributed by atoms with Crippen LogP contribution >= 0.6 is 12.4 Å². The first-order chi connectivity index (χ1) is 8.72. The third-order valence-corrected chi connectivity index (χ3v) is 2.59. The van der Waals surface area contributed by atoms with E-state index < -0.39 is 0 Å². The molecule has 0 aliphatic carbocycles. The smallest absolute Gasteiger partial charge is 0.233 e. The van der Waals surface area contributed by atoms with E-state index in [9.17, 15) is 4.79 Å². The minimum Gasteiger partial charge on any atom is -0.383 e. The van der Waals surface area contributed by atoms with Crippen LogP contribution in [-0.4, -0.2) is 39.3 Å². The van der Waals surface area contributed by atoms with Crippen LogP contribution in [0.25, 0.3) is 0 Å². The molecule has 0 saturated heterocycles. The number of nitrogens with one attached hydrogen (secondary N) is 2. The van der Waals surface area contributed by atoms with Gasteiger partial charge in [0.05, 0.1) is 13.2 Å². The van der Waals surface area contributed by atoms with Gasteiger partial charge in [-0.25, -0.2) is 0 Å². The molecule has 0 aliphatic heterocycles. The van der Waals surface area contributed by atoms with E-state index in [1.165, 1.54) is 11.1 Å². The van der Waals surface area contributed by atoms with E-state index in [0.29, 0.717) is 26.2 Å². The molecule has 19 heavy (non-hydrogen) atoms. The number of hydrogen-bond donors (Lipinski definition) is 2. The van der Waals surface area contributed by atoms with Gasteiger partial charge in [-0.15, -0.1) is 12.4 Å². The van der Waals surface area contributed by atoms with Gasteiger partial charge in [-0.05, 0) is 18.9 Å². The Morgan fingerprint density at radius 2 is 2.11 bits per heavy atom. The standard InChI is InChI=1S/C14H22N2O2.ClH/c1-12-4-3-5-13(10-12)6-7-16-14(17)11-15-8-9-18-2;/h3-5,10,15H,6-9,11H2,1-2H3,(H,16,17);1H. The zero-order valence-corrected chi connectivity index (χ0v) is 12.4. The topological polar surface area (TPSA) is 50.4 Å². The van der Waals surface area contributed by atoms with Crippen LogP contribution in [0, 0.1) is 6.92 Å². The van der Waals surface area contributed by atoms with E-state index in [2.05, 4.69) is 35.8 Å². The summed E-state index contributed by atoms with van der Waals surface area (Å²) in [5.74, 6) is 0.0266. The minimum absolute atomic E-state index is 0. The summed E-state index contributed by atoms with van der Waals surface area (Å²) in [5.41, 5.74) is 2.50. The van der Waals surface area contributed by atoms with Gasteiger partial charge in [-0.1, -0.05) is 29.8 Å². The van der Waals surface area contributed by atoms with Crippen molar-refractivity contribution in [3.63, 3.8) is 0 Å². The molecule has 1 amide bonds. The predicted molar refractivity (Wildman–Crippen MR) is 79.9 cm³/mol. The fraction of sp³-hybridized carbons (Fsp3) is 0.500. The second-order valence-corrected chi connectivity index (χ2v) is 4.26. The van der Waals surface area contributed by atoms with Crippen molar-refractivity contribution in [2.24, 2.45) is 0 Å². The number of rotatable bonds is 8. The molecule has 1 rings (SSSR count). The summed E-state index contributed by atoms with van der Waals surface area (Å²) < 4.78 is 4.88. The fourth-order valence-electron chi connectivity index (χ4n) is 1.65. The van der Waals surface area contributed by atoms with Crippen molar-refractivity contribution in [1.82, 2.24) is 10.6 Å². The third kappa shape index (κ3) is 8.59. The Bertz CT molecular complexity index is 372. The maximum Gasteiger partial charge on any atom is 0.233 e. The average molecular weight is 287 g/mol. The molecule has 0 spiro atoms. The highest BCUT2D eigenvalue weighted by molar-refractivity contribution is 5.85. The number of amides is 1. The number of methoxy groups -OCH3 is 1. The third-order valence-electron chi connectivity index (χ3n) is 2.59. The van der Waals surface area contributed by atoms with Gasteiger partial charge in [-0.3, -0.25) is 4.79 Å². The van der Waals surface area contributed by atoms with E-state index in [1.807, 2.05) is 6.07 Å². The van der Waals surface area contributed by atoms with Crippen molar-refractivity contribution >= 4 is 18.3 Å². The summed E-state index contributed by atoms with van der Waals surface area (Å²) in [5, 5.41) is 5.89. The largest absolute Gasteiger partial charge is 0.383 e. The molecule has 4 nitrogen and oxygen atoms in total. The normalized spacial score (nSPS) is 9.79. The summed E-state index contributed by atoms with van der Waals surface area (Å²) in [6.07, 6.45) is 0.867. The average Bonchev–Trinajstić information content (AvgIpc) is 2.35. The number of carbonyl (C=O) groups excluding carboxylic acids is 1. The molecule has 2 N–H and O–H groups in total. The van der Waals surface area contributed by atoms with Crippen molar-refractivity contribution in [3.05, 3.63) is 35.4 Å². The second-order valence-electron chi connectivity index (χ2n) is 4.26. The van der Waals surface area contributed by atoms with Crippen LogP contribution in [0.1, 0.15) is 11.1 Å². The molecule has 108 valence electrons. The Balaban J connectivity index is 0.00000324. The molecular formula is C14H23ClN2O2. The van der Waals surface area contributed by atoms with Crippen molar-refractivity contribution in [1.29, 1.82) is 0 Å². The van der Waals surface area contributed by atoms with Gasteiger partial charge in [-0.2, -0.15) is 0 Å². The Kier molecular flexibility index (Phi) is 10.2. The molecule has 0 saturated carbocycles. The van der Waals surface area contributed by atoms with Crippen LogP contribution in [0.3, 0.4) is 0 Å². The lowest BCUT2D eigenvalue weighted by Gasteiger charge is -2.07. The van der Waals surface area contributed by atoms with Crippen molar-refractivity contribution in [2.75, 3.05) is 33.4 Å². The second kappa shape index (κ2) is 10.8. The summed E-state index contributed by atoms with van der Waals surface area (Å²) in [4.78, 5) is 11.4. The van der Waals surface area contributed by atoms with Crippen LogP contribution in [0.15, 0.2) is 24.3 Å². The van der Waals surface area contributed by atoms with Crippen LogP contribution in [0.2, 0.25) is 0 Å². The van der Waals surface area contributed by atoms with Gasteiger partial charge in [0.25, 0.3) is 0 Å². The monoisotopic (exact) mass is 286 g/mol. The maximum atomic E-state index is 11.4. The van der Waals surface area contributed by atoms with Crippen molar-refractivity contribution in [3.8, 4) is 0 Å². The first-order valence-corrected chi connectivity index (χ1v) is 6.24. The minimum atomic E-state index is 0. The molecule has 0 unspecified atom stereocenters. The zero-order chi connectivity index (χ0) is 13.2. The molecule has 0 bridgehead atoms. The van der Waals surface area contributed by atoms with Gasteiger partial charge in [0.15, 0.2) is 0 Å². The summed E-state index contributed by atoms with van der Waals surface area (Å²) in [6, 6.07) is 8.33. The SMILES string of the molecule is COCCNCC(=O)NCCc1cccc(C)c1.Cl. The molecule has 0 aromatic heterocycles. The number of halogens is 1. The van der Waals surface area contributed by atoms with E-state index in [-0.39, 0.29) is 18.3 Å². The van der Waals surface area contributed by atoms with Gasteiger partial charge in [0.1, 0.15) is 0 Å². The Morgan fingerprint density at radius 3 is 2.79 bits per heavy atom. The van der Waals surface area contributed by atoms with Gasteiger partial charge >= 0.3 is 0 Å². The Morgan fingerprint density at radius 1 is 1.32 bits per heavy atom. The van der Waals surface area contributed by atoms with Crippen LogP contribution in [0.4, 0.5) is 0 Å². The van der Waals surface area contributed by atoms with Gasteiger partial charge in [0.2, 0.25) is 5.91 Å². The highest BCUT2D eigenvalue weighted by Crippen LogP contribution is 2.03. The molecule has 0 heterocycles. The molecule has 0 aliphatic rings. The van der Waals surface area contributed by atoms with Crippen molar-refractivity contribution in [2.45, 2.75) is 13.3 Å². The molecule has 0 radical (unpaired) electrons. The van der Waals surface area contributed by atoms with E-state index in [4.69, 9.17) is 4.74 Å². The lowest BCUT2D eigenvalue weighted by molar-refractivity contribution is -0.120. The number of aryl methyl sites for hydroxylation is 1. The fourth-order valence-corrected chi connectivity index (χ4v) is 1.65. The first-order valence-electron chi connectivity index (χ1n) is 6.24.